The smallest absolute Gasteiger partial charge is 0.186 e. The molecule has 1 rings (SSSR count). The molecule has 2 unspecified atom stereocenters. The van der Waals surface area contributed by atoms with Crippen LogP contribution in [0.25, 0.3) is 0 Å². The van der Waals surface area contributed by atoms with E-state index in [2.05, 4.69) is 0 Å². The molecule has 1 fully saturated rings. The Morgan fingerprint density at radius 2 is 1.35 bits per heavy atom. The van der Waals surface area contributed by atoms with Crippen LogP contribution in [0.4, 0.5) is 0 Å². The van der Waals surface area contributed by atoms with Crippen molar-refractivity contribution in [2.24, 2.45) is 0 Å². The summed E-state index contributed by atoms with van der Waals surface area (Å²) in [6, 6.07) is 0. The molecule has 1 saturated heterocycles. The lowest BCUT2D eigenvalue weighted by molar-refractivity contribution is -0.307. The van der Waals surface area contributed by atoms with Gasteiger partial charge in [0.2, 0.25) is 0 Å². The Balaban J connectivity index is 2.84. The first-order chi connectivity index (χ1) is 8.23. The van der Waals surface area contributed by atoms with Crippen LogP contribution in [0.5, 0.6) is 0 Å². The van der Waals surface area contributed by atoms with Crippen molar-refractivity contribution in [2.75, 3.05) is 42.2 Å². The molecular formula is C11H22O6. The maximum Gasteiger partial charge on any atom is 0.186 e. The van der Waals surface area contributed by atoms with Gasteiger partial charge < -0.3 is 28.4 Å². The van der Waals surface area contributed by atoms with E-state index in [1.807, 2.05) is 0 Å². The Hall–Kier alpha value is -0.240. The summed E-state index contributed by atoms with van der Waals surface area (Å²) in [5.74, 6) is 0. The second kappa shape index (κ2) is 7.25. The molecule has 0 radical (unpaired) electrons. The normalized spacial score (nSPS) is 38.3. The quantitative estimate of drug-likeness (QED) is 0.664. The summed E-state index contributed by atoms with van der Waals surface area (Å²) in [5, 5.41) is 0. The SMILES string of the molecule is COCC1O[C@@H](OC)C(OC)[C@@H](OC)[C@H]1OC. The van der Waals surface area contributed by atoms with Crippen molar-refractivity contribution >= 4 is 0 Å². The molecule has 0 amide bonds. The second-order valence-corrected chi connectivity index (χ2v) is 3.83. The Kier molecular flexibility index (Phi) is 6.32. The minimum absolute atomic E-state index is 0.244. The first-order valence-corrected chi connectivity index (χ1v) is 5.49. The van der Waals surface area contributed by atoms with E-state index in [-0.39, 0.29) is 24.4 Å². The third-order valence-corrected chi connectivity index (χ3v) is 2.97. The monoisotopic (exact) mass is 250 g/mol. The van der Waals surface area contributed by atoms with E-state index in [4.69, 9.17) is 28.4 Å². The fourth-order valence-electron chi connectivity index (χ4n) is 2.17. The highest BCUT2D eigenvalue weighted by Gasteiger charge is 2.47. The fourth-order valence-corrected chi connectivity index (χ4v) is 2.17. The minimum Gasteiger partial charge on any atom is -0.382 e. The molecular weight excluding hydrogens is 228 g/mol. The maximum absolute atomic E-state index is 5.74. The molecule has 0 N–H and O–H groups in total. The van der Waals surface area contributed by atoms with Gasteiger partial charge in [-0.15, -0.1) is 0 Å². The third kappa shape index (κ3) is 3.15. The molecule has 0 aromatic carbocycles. The van der Waals surface area contributed by atoms with Crippen molar-refractivity contribution in [3.05, 3.63) is 0 Å². The van der Waals surface area contributed by atoms with Gasteiger partial charge in [0, 0.05) is 35.5 Å². The summed E-state index contributed by atoms with van der Waals surface area (Å²) < 4.78 is 32.3. The molecule has 0 saturated carbocycles. The molecule has 17 heavy (non-hydrogen) atoms. The van der Waals surface area contributed by atoms with Gasteiger partial charge >= 0.3 is 0 Å². The molecule has 5 atom stereocenters. The third-order valence-electron chi connectivity index (χ3n) is 2.97. The van der Waals surface area contributed by atoms with Crippen molar-refractivity contribution in [3.8, 4) is 0 Å². The molecule has 0 spiro atoms. The highest BCUT2D eigenvalue weighted by Crippen LogP contribution is 2.27. The summed E-state index contributed by atoms with van der Waals surface area (Å²) in [5.41, 5.74) is 0. The van der Waals surface area contributed by atoms with Crippen molar-refractivity contribution < 1.29 is 28.4 Å². The largest absolute Gasteiger partial charge is 0.382 e. The number of methoxy groups -OCH3 is 5. The van der Waals surface area contributed by atoms with Gasteiger partial charge in [0.05, 0.1) is 6.61 Å². The number of hydrogen-bond donors (Lipinski definition) is 0. The van der Waals surface area contributed by atoms with Gasteiger partial charge in [-0.25, -0.2) is 0 Å². The molecule has 0 aliphatic carbocycles. The predicted octanol–water partition coefficient (Wildman–Crippen LogP) is 0.0491. The van der Waals surface area contributed by atoms with Gasteiger partial charge in [-0.05, 0) is 0 Å². The molecule has 1 heterocycles. The minimum atomic E-state index is -0.489. The van der Waals surface area contributed by atoms with Crippen LogP contribution in [0, 0.1) is 0 Å². The summed E-state index contributed by atoms with van der Waals surface area (Å²) in [7, 11) is 8.01. The standard InChI is InChI=1S/C11H22O6/c1-12-6-7-8(13-2)9(14-3)10(15-4)11(16-5)17-7/h7-11H,6H2,1-5H3/t7?,8-,9-,10?,11+/m0/s1. The molecule has 0 aromatic rings. The molecule has 1 aliphatic rings. The second-order valence-electron chi connectivity index (χ2n) is 3.83. The lowest BCUT2D eigenvalue weighted by Crippen LogP contribution is -2.61. The van der Waals surface area contributed by atoms with Gasteiger partial charge in [-0.2, -0.15) is 0 Å². The summed E-state index contributed by atoms with van der Waals surface area (Å²) in [6.45, 7) is 0.411. The van der Waals surface area contributed by atoms with E-state index in [1.165, 1.54) is 0 Å². The van der Waals surface area contributed by atoms with Crippen molar-refractivity contribution in [1.29, 1.82) is 0 Å². The molecule has 0 bridgehead atoms. The molecule has 6 nitrogen and oxygen atoms in total. The topological polar surface area (TPSA) is 55.4 Å². The number of ether oxygens (including phenoxy) is 6. The van der Waals surface area contributed by atoms with Crippen LogP contribution in [0.1, 0.15) is 0 Å². The van der Waals surface area contributed by atoms with Crippen LogP contribution < -0.4 is 0 Å². The van der Waals surface area contributed by atoms with Crippen LogP contribution in [0.2, 0.25) is 0 Å². The molecule has 0 aromatic heterocycles. The van der Waals surface area contributed by atoms with Gasteiger partial charge in [-0.1, -0.05) is 0 Å². The van der Waals surface area contributed by atoms with Crippen molar-refractivity contribution in [1.82, 2.24) is 0 Å². The predicted molar refractivity (Wildman–Crippen MR) is 59.9 cm³/mol. The Morgan fingerprint density at radius 3 is 1.76 bits per heavy atom. The molecule has 6 heteroatoms. The lowest BCUT2D eigenvalue weighted by Gasteiger charge is -2.44. The average molecular weight is 250 g/mol. The van der Waals surface area contributed by atoms with E-state index < -0.39 is 6.29 Å². The first kappa shape index (κ1) is 14.8. The fraction of sp³-hybridized carbons (Fsp3) is 1.00. The Morgan fingerprint density at radius 1 is 0.765 bits per heavy atom. The first-order valence-electron chi connectivity index (χ1n) is 5.49. The maximum atomic E-state index is 5.74. The van der Waals surface area contributed by atoms with E-state index in [0.717, 1.165) is 0 Å². The lowest BCUT2D eigenvalue weighted by atomic mass is 9.98. The highest BCUT2D eigenvalue weighted by atomic mass is 16.7. The van der Waals surface area contributed by atoms with Crippen LogP contribution >= 0.6 is 0 Å². The summed E-state index contributed by atoms with van der Waals surface area (Å²) in [6.07, 6.45) is -1.58. The van der Waals surface area contributed by atoms with Gasteiger partial charge in [-0.3, -0.25) is 0 Å². The zero-order valence-electron chi connectivity index (χ0n) is 11.0. The van der Waals surface area contributed by atoms with Crippen LogP contribution in [0.3, 0.4) is 0 Å². The summed E-state index contributed by atoms with van der Waals surface area (Å²) >= 11 is 0. The van der Waals surface area contributed by atoms with Crippen LogP contribution in [-0.4, -0.2) is 72.9 Å². The average Bonchev–Trinajstić information content (AvgIpc) is 2.37. The zero-order valence-corrected chi connectivity index (χ0v) is 11.0. The van der Waals surface area contributed by atoms with E-state index in [9.17, 15) is 0 Å². The Labute approximate surface area is 102 Å². The number of hydrogen-bond acceptors (Lipinski definition) is 6. The van der Waals surface area contributed by atoms with Crippen molar-refractivity contribution in [3.63, 3.8) is 0 Å². The van der Waals surface area contributed by atoms with Gasteiger partial charge in [0.1, 0.15) is 24.4 Å². The zero-order chi connectivity index (χ0) is 12.8. The summed E-state index contributed by atoms with van der Waals surface area (Å²) in [4.78, 5) is 0. The van der Waals surface area contributed by atoms with Crippen molar-refractivity contribution in [2.45, 2.75) is 30.7 Å². The van der Waals surface area contributed by atoms with Gasteiger partial charge in [0.25, 0.3) is 0 Å². The Bertz CT molecular complexity index is 212. The van der Waals surface area contributed by atoms with Crippen LogP contribution in [0.15, 0.2) is 0 Å². The van der Waals surface area contributed by atoms with Gasteiger partial charge in [0.15, 0.2) is 6.29 Å². The highest BCUT2D eigenvalue weighted by molar-refractivity contribution is 4.92. The molecule has 1 aliphatic heterocycles. The van der Waals surface area contributed by atoms with E-state index in [0.29, 0.717) is 6.61 Å². The number of rotatable bonds is 6. The van der Waals surface area contributed by atoms with Crippen LogP contribution in [-0.2, 0) is 28.4 Å². The van der Waals surface area contributed by atoms with E-state index in [1.54, 1.807) is 35.5 Å². The molecule has 102 valence electrons. The van der Waals surface area contributed by atoms with E-state index >= 15 is 0 Å².